The van der Waals surface area contributed by atoms with E-state index < -0.39 is 0 Å². The summed E-state index contributed by atoms with van der Waals surface area (Å²) in [6.45, 7) is 2.44. The zero-order valence-electron chi connectivity index (χ0n) is 7.79. The molecule has 0 fully saturated rings. The number of carbonyl (C=O) groups is 1. The Hall–Kier alpha value is -1.38. The molecule has 0 aliphatic rings. The molecule has 1 aromatic heterocycles. The van der Waals surface area contributed by atoms with Gasteiger partial charge in [0, 0.05) is 25.4 Å². The smallest absolute Gasteiger partial charge is 0.129 e. The summed E-state index contributed by atoms with van der Waals surface area (Å²) in [6, 6.07) is 3.84. The Kier molecular flexibility index (Phi) is 3.96. The first-order valence-corrected chi connectivity index (χ1v) is 4.42. The molecule has 0 aliphatic carbocycles. The predicted octanol–water partition coefficient (Wildman–Crippen LogP) is 1.86. The molecule has 0 bridgehead atoms. The number of Topliss-reactive ketones (excluding diaryl/α,β-unsaturated/α-hetero) is 1. The van der Waals surface area contributed by atoms with E-state index in [9.17, 15) is 4.79 Å². The Balaban J connectivity index is 2.17. The van der Waals surface area contributed by atoms with Gasteiger partial charge in [-0.1, -0.05) is 0 Å². The van der Waals surface area contributed by atoms with Crippen LogP contribution in [0.2, 0.25) is 0 Å². The number of hydrogen-bond donors (Lipinski definition) is 1. The highest BCUT2D eigenvalue weighted by molar-refractivity contribution is 5.75. The fraction of sp³-hybridized carbons (Fsp3) is 0.400. The first-order chi connectivity index (χ1) is 6.29. The molecule has 0 atom stereocenters. The van der Waals surface area contributed by atoms with E-state index in [1.54, 1.807) is 19.3 Å². The van der Waals surface area contributed by atoms with Gasteiger partial charge in [-0.3, -0.25) is 4.98 Å². The maximum Gasteiger partial charge on any atom is 0.129 e. The third kappa shape index (κ3) is 4.25. The van der Waals surface area contributed by atoms with Crippen molar-refractivity contribution in [2.75, 3.05) is 11.9 Å². The zero-order valence-corrected chi connectivity index (χ0v) is 7.79. The van der Waals surface area contributed by atoms with Crippen LogP contribution >= 0.6 is 0 Å². The van der Waals surface area contributed by atoms with E-state index in [2.05, 4.69) is 10.3 Å². The van der Waals surface area contributed by atoms with Crippen LogP contribution in [0.1, 0.15) is 19.8 Å². The molecule has 3 heteroatoms. The van der Waals surface area contributed by atoms with E-state index in [1.165, 1.54) is 0 Å². The second kappa shape index (κ2) is 5.30. The number of rotatable bonds is 5. The number of carbonyl (C=O) groups excluding carboxylic acids is 1. The summed E-state index contributed by atoms with van der Waals surface area (Å²) in [5, 5.41) is 3.19. The first kappa shape index (κ1) is 9.71. The lowest BCUT2D eigenvalue weighted by Crippen LogP contribution is -2.03. The predicted molar refractivity (Wildman–Crippen MR) is 52.6 cm³/mol. The third-order valence-electron chi connectivity index (χ3n) is 1.70. The van der Waals surface area contributed by atoms with E-state index >= 15 is 0 Å². The van der Waals surface area contributed by atoms with E-state index in [0.717, 1.165) is 18.7 Å². The monoisotopic (exact) mass is 178 g/mol. The molecule has 13 heavy (non-hydrogen) atoms. The minimum absolute atomic E-state index is 0.244. The molecule has 70 valence electrons. The second-order valence-corrected chi connectivity index (χ2v) is 2.97. The topological polar surface area (TPSA) is 42.0 Å². The minimum Gasteiger partial charge on any atom is -0.384 e. The second-order valence-electron chi connectivity index (χ2n) is 2.97. The van der Waals surface area contributed by atoms with Crippen LogP contribution in [0.4, 0.5) is 5.69 Å². The molecule has 1 heterocycles. The average Bonchev–Trinajstić information content (AvgIpc) is 2.14. The SMILES string of the molecule is CC(=O)CCCNc1cccnc1. The van der Waals surface area contributed by atoms with Crippen LogP contribution in [0.3, 0.4) is 0 Å². The highest BCUT2D eigenvalue weighted by Gasteiger charge is 1.93. The van der Waals surface area contributed by atoms with E-state index in [4.69, 9.17) is 0 Å². The van der Waals surface area contributed by atoms with Crippen molar-refractivity contribution in [2.24, 2.45) is 0 Å². The molecule has 1 aromatic rings. The molecule has 0 amide bonds. The van der Waals surface area contributed by atoms with Gasteiger partial charge in [-0.15, -0.1) is 0 Å². The summed E-state index contributed by atoms with van der Waals surface area (Å²) < 4.78 is 0. The maximum atomic E-state index is 10.6. The highest BCUT2D eigenvalue weighted by Crippen LogP contribution is 2.02. The van der Waals surface area contributed by atoms with Crippen LogP contribution in [-0.4, -0.2) is 17.3 Å². The van der Waals surface area contributed by atoms with Crippen molar-refractivity contribution >= 4 is 11.5 Å². The lowest BCUT2D eigenvalue weighted by molar-refractivity contribution is -0.117. The average molecular weight is 178 g/mol. The van der Waals surface area contributed by atoms with E-state index in [0.29, 0.717) is 6.42 Å². The Morgan fingerprint density at radius 2 is 2.46 bits per heavy atom. The van der Waals surface area contributed by atoms with Crippen LogP contribution in [0.15, 0.2) is 24.5 Å². The van der Waals surface area contributed by atoms with Crippen LogP contribution in [-0.2, 0) is 4.79 Å². The zero-order chi connectivity index (χ0) is 9.52. The molecular formula is C10H14N2O. The van der Waals surface area contributed by atoms with Crippen molar-refractivity contribution in [1.29, 1.82) is 0 Å². The molecule has 1 rings (SSSR count). The Bertz CT molecular complexity index is 259. The lowest BCUT2D eigenvalue weighted by Gasteiger charge is -2.03. The molecule has 0 saturated heterocycles. The summed E-state index contributed by atoms with van der Waals surface area (Å²) in [5.41, 5.74) is 1.01. The molecule has 3 nitrogen and oxygen atoms in total. The number of nitrogens with zero attached hydrogens (tertiary/aromatic N) is 1. The van der Waals surface area contributed by atoms with Crippen molar-refractivity contribution in [1.82, 2.24) is 4.98 Å². The van der Waals surface area contributed by atoms with Crippen molar-refractivity contribution in [3.05, 3.63) is 24.5 Å². The van der Waals surface area contributed by atoms with Crippen LogP contribution in [0.5, 0.6) is 0 Å². The standard InChI is InChI=1S/C10H14N2O/c1-9(13)4-2-7-12-10-5-3-6-11-8-10/h3,5-6,8,12H,2,4,7H2,1H3. The van der Waals surface area contributed by atoms with Gasteiger partial charge in [0.05, 0.1) is 5.69 Å². The van der Waals surface area contributed by atoms with Crippen LogP contribution in [0, 0.1) is 0 Å². The van der Waals surface area contributed by atoms with Crippen molar-refractivity contribution in [2.45, 2.75) is 19.8 Å². The van der Waals surface area contributed by atoms with Gasteiger partial charge in [-0.05, 0) is 25.5 Å². The summed E-state index contributed by atoms with van der Waals surface area (Å²) in [4.78, 5) is 14.6. The number of aromatic nitrogens is 1. The van der Waals surface area contributed by atoms with Gasteiger partial charge < -0.3 is 10.1 Å². The summed E-state index contributed by atoms with van der Waals surface area (Å²) in [5.74, 6) is 0.244. The van der Waals surface area contributed by atoms with Gasteiger partial charge in [0.15, 0.2) is 0 Å². The summed E-state index contributed by atoms with van der Waals surface area (Å²) in [6.07, 6.45) is 5.03. The van der Waals surface area contributed by atoms with Gasteiger partial charge in [0.1, 0.15) is 5.78 Å². The van der Waals surface area contributed by atoms with Crippen LogP contribution in [0.25, 0.3) is 0 Å². The van der Waals surface area contributed by atoms with E-state index in [-0.39, 0.29) is 5.78 Å². The van der Waals surface area contributed by atoms with E-state index in [1.807, 2.05) is 12.1 Å². The van der Waals surface area contributed by atoms with Crippen LogP contribution < -0.4 is 5.32 Å². The number of nitrogens with one attached hydrogen (secondary N) is 1. The molecule has 0 spiro atoms. The Morgan fingerprint density at radius 1 is 1.62 bits per heavy atom. The molecule has 0 saturated carbocycles. The Labute approximate surface area is 78.2 Å². The third-order valence-corrected chi connectivity index (χ3v) is 1.70. The number of hydrogen-bond acceptors (Lipinski definition) is 3. The quantitative estimate of drug-likeness (QED) is 0.700. The fourth-order valence-electron chi connectivity index (χ4n) is 1.04. The summed E-state index contributed by atoms with van der Waals surface area (Å²) in [7, 11) is 0. The number of anilines is 1. The van der Waals surface area contributed by atoms with Gasteiger partial charge >= 0.3 is 0 Å². The van der Waals surface area contributed by atoms with Gasteiger partial charge in [-0.25, -0.2) is 0 Å². The molecule has 0 unspecified atom stereocenters. The maximum absolute atomic E-state index is 10.6. The molecule has 0 aliphatic heterocycles. The fourth-order valence-corrected chi connectivity index (χ4v) is 1.04. The number of ketones is 1. The van der Waals surface area contributed by atoms with Crippen molar-refractivity contribution in [3.63, 3.8) is 0 Å². The minimum atomic E-state index is 0.244. The number of pyridine rings is 1. The summed E-state index contributed by atoms with van der Waals surface area (Å²) >= 11 is 0. The van der Waals surface area contributed by atoms with Gasteiger partial charge in [0.2, 0.25) is 0 Å². The molecule has 0 radical (unpaired) electrons. The molecule has 1 N–H and O–H groups in total. The van der Waals surface area contributed by atoms with Gasteiger partial charge in [0.25, 0.3) is 0 Å². The highest BCUT2D eigenvalue weighted by atomic mass is 16.1. The lowest BCUT2D eigenvalue weighted by atomic mass is 10.2. The molecule has 0 aromatic carbocycles. The van der Waals surface area contributed by atoms with Crippen molar-refractivity contribution in [3.8, 4) is 0 Å². The van der Waals surface area contributed by atoms with Gasteiger partial charge in [-0.2, -0.15) is 0 Å². The van der Waals surface area contributed by atoms with Crippen molar-refractivity contribution < 1.29 is 4.79 Å². The molecular weight excluding hydrogens is 164 g/mol. The normalized spacial score (nSPS) is 9.62. The largest absolute Gasteiger partial charge is 0.384 e. The first-order valence-electron chi connectivity index (χ1n) is 4.42. The Morgan fingerprint density at radius 3 is 3.08 bits per heavy atom.